The monoisotopic (exact) mass is 335 g/mol. The summed E-state index contributed by atoms with van der Waals surface area (Å²) in [5, 5.41) is 0. The van der Waals surface area contributed by atoms with Crippen LogP contribution >= 0.6 is 0 Å². The third-order valence-electron chi connectivity index (χ3n) is 4.18. The molecule has 1 aliphatic heterocycles. The molecule has 1 atom stereocenters. The second kappa shape index (κ2) is 9.01. The summed E-state index contributed by atoms with van der Waals surface area (Å²) in [6.45, 7) is 4.14. The van der Waals surface area contributed by atoms with Gasteiger partial charge >= 0.3 is 0 Å². The van der Waals surface area contributed by atoms with Crippen LogP contribution in [0.4, 0.5) is 0 Å². The average molecular weight is 335 g/mol. The van der Waals surface area contributed by atoms with Crippen LogP contribution in [0.3, 0.4) is 0 Å². The van der Waals surface area contributed by atoms with Crippen molar-refractivity contribution in [3.8, 4) is 5.75 Å². The van der Waals surface area contributed by atoms with E-state index in [2.05, 4.69) is 9.80 Å². The van der Waals surface area contributed by atoms with E-state index in [0.717, 1.165) is 30.9 Å². The van der Waals surface area contributed by atoms with E-state index < -0.39 is 0 Å². The Morgan fingerprint density at radius 1 is 1.33 bits per heavy atom. The topological polar surface area (TPSA) is 45.3 Å². The van der Waals surface area contributed by atoms with Crippen molar-refractivity contribution >= 4 is 5.91 Å². The number of hydrogen-bond acceptors (Lipinski definition) is 5. The lowest BCUT2D eigenvalue weighted by Gasteiger charge is -2.34. The molecule has 24 heavy (non-hydrogen) atoms. The lowest BCUT2D eigenvalue weighted by molar-refractivity contribution is -0.133. The van der Waals surface area contributed by atoms with Crippen LogP contribution in [0.25, 0.3) is 0 Å². The van der Waals surface area contributed by atoms with Gasteiger partial charge in [-0.2, -0.15) is 0 Å². The Balaban J connectivity index is 1.87. The second-order valence-corrected chi connectivity index (χ2v) is 6.55. The highest BCUT2D eigenvalue weighted by atomic mass is 16.5. The van der Waals surface area contributed by atoms with Crippen LogP contribution in [0.1, 0.15) is 5.56 Å². The molecule has 1 aliphatic rings. The van der Waals surface area contributed by atoms with Crippen molar-refractivity contribution in [2.24, 2.45) is 0 Å². The molecule has 0 aliphatic carbocycles. The van der Waals surface area contributed by atoms with Gasteiger partial charge in [0.25, 0.3) is 0 Å². The van der Waals surface area contributed by atoms with Gasteiger partial charge in [-0.25, -0.2) is 0 Å². The van der Waals surface area contributed by atoms with Crippen LogP contribution < -0.4 is 4.74 Å². The molecule has 6 nitrogen and oxygen atoms in total. The van der Waals surface area contributed by atoms with E-state index >= 15 is 0 Å². The van der Waals surface area contributed by atoms with Gasteiger partial charge in [0.05, 0.1) is 26.4 Å². The quantitative estimate of drug-likeness (QED) is 0.741. The summed E-state index contributed by atoms with van der Waals surface area (Å²) in [5.41, 5.74) is 1.02. The van der Waals surface area contributed by atoms with Gasteiger partial charge in [-0.1, -0.05) is 18.2 Å². The minimum absolute atomic E-state index is 0.117. The maximum atomic E-state index is 12.5. The number of hydrogen-bond donors (Lipinski definition) is 0. The van der Waals surface area contributed by atoms with Crippen LogP contribution in [0, 0.1) is 0 Å². The Bertz CT molecular complexity index is 536. The number of para-hydroxylation sites is 1. The Morgan fingerprint density at radius 3 is 2.79 bits per heavy atom. The maximum Gasteiger partial charge on any atom is 0.236 e. The predicted octanol–water partition coefficient (Wildman–Crippen LogP) is 0.916. The number of nitrogens with zero attached hydrogens (tertiary/aromatic N) is 3. The minimum atomic E-state index is 0.117. The van der Waals surface area contributed by atoms with Crippen LogP contribution in [0.5, 0.6) is 5.75 Å². The highest BCUT2D eigenvalue weighted by Gasteiger charge is 2.23. The highest BCUT2D eigenvalue weighted by molar-refractivity contribution is 5.78. The molecule has 6 heteroatoms. The number of amides is 1. The number of ether oxygens (including phenoxy) is 2. The fourth-order valence-corrected chi connectivity index (χ4v) is 2.93. The Kier molecular flexibility index (Phi) is 7.02. The molecule has 1 heterocycles. The molecule has 1 aromatic rings. The van der Waals surface area contributed by atoms with Crippen molar-refractivity contribution in [1.82, 2.24) is 14.7 Å². The van der Waals surface area contributed by atoms with Crippen molar-refractivity contribution in [1.29, 1.82) is 0 Å². The molecule has 0 unspecified atom stereocenters. The average Bonchev–Trinajstić information content (AvgIpc) is 2.55. The summed E-state index contributed by atoms with van der Waals surface area (Å²) in [7, 11) is 7.56. The van der Waals surface area contributed by atoms with E-state index in [1.54, 1.807) is 12.0 Å². The number of carbonyl (C=O) groups excluding carboxylic acids is 1. The molecule has 0 radical (unpaired) electrons. The largest absolute Gasteiger partial charge is 0.496 e. The van der Waals surface area contributed by atoms with Crippen molar-refractivity contribution < 1.29 is 14.3 Å². The molecule has 1 fully saturated rings. The molecular weight excluding hydrogens is 306 g/mol. The third kappa shape index (κ3) is 5.47. The molecule has 0 saturated carbocycles. The summed E-state index contributed by atoms with van der Waals surface area (Å²) in [5.74, 6) is 0.931. The SMILES string of the molecule is COc1ccccc1CN(C)C(=O)CN1CCO[C@H](CN(C)C)C1. The molecular formula is C18H29N3O3. The second-order valence-electron chi connectivity index (χ2n) is 6.55. The van der Waals surface area contributed by atoms with Gasteiger partial charge in [-0.3, -0.25) is 9.69 Å². The van der Waals surface area contributed by atoms with E-state index in [4.69, 9.17) is 9.47 Å². The van der Waals surface area contributed by atoms with E-state index in [-0.39, 0.29) is 12.0 Å². The first kappa shape index (κ1) is 18.7. The molecule has 1 aromatic carbocycles. The number of carbonyl (C=O) groups is 1. The lowest BCUT2D eigenvalue weighted by Crippen LogP contribution is -2.49. The number of benzene rings is 1. The van der Waals surface area contributed by atoms with Crippen LogP contribution in [0.2, 0.25) is 0 Å². The van der Waals surface area contributed by atoms with Gasteiger partial charge in [0.1, 0.15) is 5.75 Å². The van der Waals surface area contributed by atoms with Gasteiger partial charge in [-0.15, -0.1) is 0 Å². The van der Waals surface area contributed by atoms with Gasteiger partial charge in [0.15, 0.2) is 0 Å². The molecule has 0 bridgehead atoms. The first-order chi connectivity index (χ1) is 11.5. The summed E-state index contributed by atoms with van der Waals surface area (Å²) >= 11 is 0. The summed E-state index contributed by atoms with van der Waals surface area (Å²) < 4.78 is 11.1. The van der Waals surface area contributed by atoms with Gasteiger partial charge in [0.2, 0.25) is 5.91 Å². The number of morpholine rings is 1. The Morgan fingerprint density at radius 2 is 2.08 bits per heavy atom. The summed E-state index contributed by atoms with van der Waals surface area (Å²) in [6.07, 6.45) is 0.168. The molecule has 0 aromatic heterocycles. The van der Waals surface area contributed by atoms with Crippen molar-refractivity contribution in [3.05, 3.63) is 29.8 Å². The van der Waals surface area contributed by atoms with Crippen molar-refractivity contribution in [2.45, 2.75) is 12.6 Å². The zero-order valence-corrected chi connectivity index (χ0v) is 15.2. The fraction of sp³-hybridized carbons (Fsp3) is 0.611. The van der Waals surface area contributed by atoms with E-state index in [1.165, 1.54) is 0 Å². The van der Waals surface area contributed by atoms with Crippen LogP contribution in [-0.4, -0.2) is 87.7 Å². The first-order valence-corrected chi connectivity index (χ1v) is 8.34. The number of methoxy groups -OCH3 is 1. The Labute approximate surface area is 144 Å². The number of rotatable bonds is 7. The van der Waals surface area contributed by atoms with E-state index in [1.807, 2.05) is 45.4 Å². The summed E-state index contributed by atoms with van der Waals surface area (Å²) in [6, 6.07) is 7.80. The van der Waals surface area contributed by atoms with Crippen molar-refractivity contribution in [2.75, 3.05) is 61.0 Å². The molecule has 0 N–H and O–H groups in total. The molecule has 1 saturated heterocycles. The van der Waals surface area contributed by atoms with Gasteiger partial charge < -0.3 is 19.3 Å². The lowest BCUT2D eigenvalue weighted by atomic mass is 10.2. The van der Waals surface area contributed by atoms with Crippen LogP contribution in [-0.2, 0) is 16.1 Å². The maximum absolute atomic E-state index is 12.5. The fourth-order valence-electron chi connectivity index (χ4n) is 2.93. The zero-order valence-electron chi connectivity index (χ0n) is 15.2. The van der Waals surface area contributed by atoms with Crippen LogP contribution in [0.15, 0.2) is 24.3 Å². The molecule has 0 spiro atoms. The molecule has 1 amide bonds. The van der Waals surface area contributed by atoms with Gasteiger partial charge in [0, 0.05) is 38.8 Å². The molecule has 2 rings (SSSR count). The van der Waals surface area contributed by atoms with Crippen molar-refractivity contribution in [3.63, 3.8) is 0 Å². The highest BCUT2D eigenvalue weighted by Crippen LogP contribution is 2.19. The minimum Gasteiger partial charge on any atom is -0.496 e. The van der Waals surface area contributed by atoms with Gasteiger partial charge in [-0.05, 0) is 20.2 Å². The first-order valence-electron chi connectivity index (χ1n) is 8.34. The standard InChI is InChI=1S/C18H29N3O3/c1-19(2)12-16-13-21(9-10-24-16)14-18(22)20(3)11-15-7-5-6-8-17(15)23-4/h5-8,16H,9-14H2,1-4H3/t16-/m1/s1. The predicted molar refractivity (Wildman–Crippen MR) is 94.2 cm³/mol. The number of likely N-dealkylation sites (N-methyl/N-ethyl adjacent to an activating group) is 2. The third-order valence-corrected chi connectivity index (χ3v) is 4.18. The van der Waals surface area contributed by atoms with E-state index in [0.29, 0.717) is 19.7 Å². The normalized spacial score (nSPS) is 18.6. The zero-order chi connectivity index (χ0) is 17.5. The summed E-state index contributed by atoms with van der Waals surface area (Å²) in [4.78, 5) is 18.6. The Hall–Kier alpha value is -1.63. The van der Waals surface area contributed by atoms with E-state index in [9.17, 15) is 4.79 Å². The molecule has 134 valence electrons. The smallest absolute Gasteiger partial charge is 0.236 e.